The molecule has 0 fully saturated rings. The minimum atomic E-state index is -0.295. The average Bonchev–Trinajstić information content (AvgIpc) is 2.75. The van der Waals surface area contributed by atoms with Crippen molar-refractivity contribution in [1.29, 1.82) is 0 Å². The van der Waals surface area contributed by atoms with E-state index < -0.39 is 0 Å². The summed E-state index contributed by atoms with van der Waals surface area (Å²) in [7, 11) is 0. The normalized spacial score (nSPS) is 10.4. The Balaban J connectivity index is 2.15. The Kier molecular flexibility index (Phi) is 3.41. The van der Waals surface area contributed by atoms with Crippen molar-refractivity contribution in [2.45, 2.75) is 27.2 Å². The molecule has 18 heavy (non-hydrogen) atoms. The van der Waals surface area contributed by atoms with E-state index in [1.54, 1.807) is 0 Å². The number of aromatic amines is 1. The van der Waals surface area contributed by atoms with Crippen LogP contribution < -0.4 is 5.32 Å². The maximum absolute atomic E-state index is 11.9. The standard InChI is InChI=1S/C13H16N4O/c1-4-11-15-12(17-16-11)13(18)14-10-6-8(2)5-9(3)7-10/h5-7H,4H2,1-3H3,(H,14,18)(H,15,16,17). The number of aryl methyl sites for hydroxylation is 3. The third kappa shape index (κ3) is 2.74. The second-order valence-corrected chi connectivity index (χ2v) is 4.29. The van der Waals surface area contributed by atoms with Gasteiger partial charge in [-0.05, 0) is 37.1 Å². The minimum Gasteiger partial charge on any atom is -0.319 e. The lowest BCUT2D eigenvalue weighted by Crippen LogP contribution is -2.14. The molecule has 94 valence electrons. The molecule has 0 aliphatic carbocycles. The quantitative estimate of drug-likeness (QED) is 0.869. The molecule has 0 aliphatic rings. The molecule has 1 heterocycles. The van der Waals surface area contributed by atoms with Gasteiger partial charge in [0.05, 0.1) is 0 Å². The van der Waals surface area contributed by atoms with Gasteiger partial charge in [0.15, 0.2) is 0 Å². The zero-order valence-electron chi connectivity index (χ0n) is 10.7. The Morgan fingerprint density at radius 2 is 1.94 bits per heavy atom. The predicted molar refractivity (Wildman–Crippen MR) is 69.6 cm³/mol. The van der Waals surface area contributed by atoms with Gasteiger partial charge in [-0.2, -0.15) is 0 Å². The van der Waals surface area contributed by atoms with Crippen LogP contribution in [0.1, 0.15) is 34.5 Å². The minimum absolute atomic E-state index is 0.172. The van der Waals surface area contributed by atoms with Crippen LogP contribution in [-0.2, 0) is 6.42 Å². The summed E-state index contributed by atoms with van der Waals surface area (Å²) in [5.41, 5.74) is 2.98. The lowest BCUT2D eigenvalue weighted by Gasteiger charge is -2.05. The summed E-state index contributed by atoms with van der Waals surface area (Å²) < 4.78 is 0. The van der Waals surface area contributed by atoms with Gasteiger partial charge in [-0.25, -0.2) is 4.98 Å². The lowest BCUT2D eigenvalue weighted by molar-refractivity contribution is 0.101. The third-order valence-electron chi connectivity index (χ3n) is 2.55. The lowest BCUT2D eigenvalue weighted by atomic mass is 10.1. The number of hydrogen-bond donors (Lipinski definition) is 2. The van der Waals surface area contributed by atoms with Crippen LogP contribution in [0.25, 0.3) is 0 Å². The van der Waals surface area contributed by atoms with Gasteiger partial charge in [-0.1, -0.05) is 13.0 Å². The van der Waals surface area contributed by atoms with Crippen molar-refractivity contribution in [3.63, 3.8) is 0 Å². The highest BCUT2D eigenvalue weighted by Gasteiger charge is 2.12. The number of nitrogens with zero attached hydrogens (tertiary/aromatic N) is 2. The molecule has 5 heteroatoms. The van der Waals surface area contributed by atoms with Gasteiger partial charge in [0.1, 0.15) is 5.82 Å². The zero-order valence-corrected chi connectivity index (χ0v) is 10.7. The van der Waals surface area contributed by atoms with E-state index in [0.717, 1.165) is 23.2 Å². The van der Waals surface area contributed by atoms with E-state index >= 15 is 0 Å². The zero-order chi connectivity index (χ0) is 13.1. The first-order valence-electron chi connectivity index (χ1n) is 5.89. The molecule has 0 saturated heterocycles. The Hall–Kier alpha value is -2.17. The highest BCUT2D eigenvalue weighted by molar-refractivity contribution is 6.01. The summed E-state index contributed by atoms with van der Waals surface area (Å²) in [5.74, 6) is 0.586. The summed E-state index contributed by atoms with van der Waals surface area (Å²) in [5, 5.41) is 9.40. The second-order valence-electron chi connectivity index (χ2n) is 4.29. The first kappa shape index (κ1) is 12.3. The van der Waals surface area contributed by atoms with Gasteiger partial charge in [-0.15, -0.1) is 5.10 Å². The number of amides is 1. The van der Waals surface area contributed by atoms with Gasteiger partial charge in [0.25, 0.3) is 5.91 Å². The molecule has 2 N–H and O–H groups in total. The van der Waals surface area contributed by atoms with Crippen LogP contribution in [0.15, 0.2) is 18.2 Å². The van der Waals surface area contributed by atoms with Crippen molar-refractivity contribution in [1.82, 2.24) is 15.2 Å². The monoisotopic (exact) mass is 244 g/mol. The van der Waals surface area contributed by atoms with Crippen LogP contribution in [-0.4, -0.2) is 21.1 Å². The van der Waals surface area contributed by atoms with E-state index in [9.17, 15) is 4.79 Å². The number of benzene rings is 1. The Morgan fingerprint density at radius 1 is 1.28 bits per heavy atom. The van der Waals surface area contributed by atoms with E-state index in [2.05, 4.69) is 26.6 Å². The molecule has 1 amide bonds. The second kappa shape index (κ2) is 5.00. The van der Waals surface area contributed by atoms with Crippen LogP contribution in [0.5, 0.6) is 0 Å². The van der Waals surface area contributed by atoms with Gasteiger partial charge in [-0.3, -0.25) is 9.89 Å². The molecule has 2 rings (SSSR count). The van der Waals surface area contributed by atoms with Crippen LogP contribution in [0.4, 0.5) is 5.69 Å². The van der Waals surface area contributed by atoms with E-state index in [1.165, 1.54) is 0 Å². The van der Waals surface area contributed by atoms with Gasteiger partial charge < -0.3 is 5.32 Å². The number of carbonyl (C=O) groups excluding carboxylic acids is 1. The molecular weight excluding hydrogens is 228 g/mol. The number of rotatable bonds is 3. The average molecular weight is 244 g/mol. The summed E-state index contributed by atoms with van der Waals surface area (Å²) in [4.78, 5) is 16.0. The molecule has 1 aromatic heterocycles. The first-order valence-corrected chi connectivity index (χ1v) is 5.89. The number of carbonyl (C=O) groups is 1. The van der Waals surface area contributed by atoms with Crippen LogP contribution in [0.3, 0.4) is 0 Å². The number of aromatic nitrogens is 3. The Labute approximate surface area is 106 Å². The third-order valence-corrected chi connectivity index (χ3v) is 2.55. The van der Waals surface area contributed by atoms with Crippen LogP contribution in [0.2, 0.25) is 0 Å². The predicted octanol–water partition coefficient (Wildman–Crippen LogP) is 2.24. The number of H-pyrrole nitrogens is 1. The summed E-state index contributed by atoms with van der Waals surface area (Å²) >= 11 is 0. The highest BCUT2D eigenvalue weighted by atomic mass is 16.2. The summed E-state index contributed by atoms with van der Waals surface area (Å²) in [6.07, 6.45) is 0.726. The maximum atomic E-state index is 11.9. The molecule has 5 nitrogen and oxygen atoms in total. The number of anilines is 1. The van der Waals surface area contributed by atoms with Crippen molar-refractivity contribution in [2.24, 2.45) is 0 Å². The Bertz CT molecular complexity index is 554. The van der Waals surface area contributed by atoms with Crippen molar-refractivity contribution >= 4 is 11.6 Å². The van der Waals surface area contributed by atoms with Gasteiger partial charge in [0, 0.05) is 12.1 Å². The molecule has 0 unspecified atom stereocenters. The van der Waals surface area contributed by atoms with Crippen molar-refractivity contribution in [3.8, 4) is 0 Å². The fraction of sp³-hybridized carbons (Fsp3) is 0.308. The van der Waals surface area contributed by atoms with Crippen molar-refractivity contribution in [3.05, 3.63) is 41.0 Å². The first-order chi connectivity index (χ1) is 8.58. The van der Waals surface area contributed by atoms with Crippen LogP contribution in [0, 0.1) is 13.8 Å². The molecule has 1 aromatic carbocycles. The fourth-order valence-corrected chi connectivity index (χ4v) is 1.79. The maximum Gasteiger partial charge on any atom is 0.295 e. The largest absolute Gasteiger partial charge is 0.319 e. The molecule has 0 radical (unpaired) electrons. The smallest absolute Gasteiger partial charge is 0.295 e. The van der Waals surface area contributed by atoms with Gasteiger partial charge >= 0.3 is 0 Å². The molecule has 0 saturated carbocycles. The molecule has 0 spiro atoms. The fourth-order valence-electron chi connectivity index (χ4n) is 1.79. The molecule has 0 aliphatic heterocycles. The van der Waals surface area contributed by atoms with E-state index in [-0.39, 0.29) is 11.7 Å². The summed E-state index contributed by atoms with van der Waals surface area (Å²) in [6.45, 7) is 5.93. The number of hydrogen-bond acceptors (Lipinski definition) is 3. The molecular formula is C13H16N4O. The van der Waals surface area contributed by atoms with Crippen molar-refractivity contribution < 1.29 is 4.79 Å². The Morgan fingerprint density at radius 3 is 2.50 bits per heavy atom. The summed E-state index contributed by atoms with van der Waals surface area (Å²) in [6, 6.07) is 5.88. The highest BCUT2D eigenvalue weighted by Crippen LogP contribution is 2.14. The topological polar surface area (TPSA) is 70.7 Å². The van der Waals surface area contributed by atoms with E-state index in [0.29, 0.717) is 5.82 Å². The van der Waals surface area contributed by atoms with E-state index in [4.69, 9.17) is 0 Å². The molecule has 0 atom stereocenters. The number of nitrogens with one attached hydrogen (secondary N) is 2. The molecule has 2 aromatic rings. The SMILES string of the molecule is CCc1nc(C(=O)Nc2cc(C)cc(C)c2)n[nH]1. The van der Waals surface area contributed by atoms with E-state index in [1.807, 2.05) is 32.9 Å². The van der Waals surface area contributed by atoms with Gasteiger partial charge in [0.2, 0.25) is 5.82 Å². The van der Waals surface area contributed by atoms with Crippen molar-refractivity contribution in [2.75, 3.05) is 5.32 Å². The van der Waals surface area contributed by atoms with Crippen LogP contribution >= 0.6 is 0 Å². The molecule has 0 bridgehead atoms.